The minimum atomic E-state index is -3.86. The first-order chi connectivity index (χ1) is 27.1. The summed E-state index contributed by atoms with van der Waals surface area (Å²) in [5, 5.41) is 0.258. The average Bonchev–Trinajstić information content (AvgIpc) is 3.65. The van der Waals surface area contributed by atoms with E-state index in [0.717, 1.165) is 64.7 Å². The highest BCUT2D eigenvalue weighted by atomic mass is 32.2. The van der Waals surface area contributed by atoms with Crippen molar-refractivity contribution in [2.75, 3.05) is 33.3 Å². The van der Waals surface area contributed by atoms with Gasteiger partial charge in [0.2, 0.25) is 15.9 Å². The van der Waals surface area contributed by atoms with Crippen molar-refractivity contribution < 1.29 is 27.5 Å². The van der Waals surface area contributed by atoms with Crippen molar-refractivity contribution in [1.82, 2.24) is 24.0 Å². The third kappa shape index (κ3) is 5.76. The fraction of sp³-hybridized carbons (Fsp3) is 0.622. The Labute approximate surface area is 337 Å². The van der Waals surface area contributed by atoms with Gasteiger partial charge in [-0.1, -0.05) is 37.5 Å². The Morgan fingerprint density at radius 3 is 2.16 bits per heavy atom. The van der Waals surface area contributed by atoms with E-state index in [0.29, 0.717) is 50.6 Å². The fourth-order valence-corrected chi connectivity index (χ4v) is 12.6. The maximum absolute atomic E-state index is 15.2. The number of carbonyl (C=O) groups is 3. The van der Waals surface area contributed by atoms with Crippen LogP contribution in [0, 0.1) is 16.7 Å². The monoisotopic (exact) mass is 797 g/mol. The van der Waals surface area contributed by atoms with Gasteiger partial charge in [0.1, 0.15) is 5.75 Å². The maximum atomic E-state index is 15.2. The Bertz CT molecular complexity index is 2250. The number of rotatable bonds is 8. The molecule has 2 unspecified atom stereocenters. The van der Waals surface area contributed by atoms with Crippen molar-refractivity contribution in [3.63, 3.8) is 0 Å². The first-order valence-corrected chi connectivity index (χ1v) is 22.9. The van der Waals surface area contributed by atoms with E-state index < -0.39 is 27.1 Å². The average molecular weight is 798 g/mol. The third-order valence-corrected chi connectivity index (χ3v) is 16.7. The van der Waals surface area contributed by atoms with Gasteiger partial charge >= 0.3 is 6.03 Å². The fourth-order valence-electron chi connectivity index (χ4n) is 12.0. The van der Waals surface area contributed by atoms with Crippen LogP contribution < -0.4 is 9.46 Å². The van der Waals surface area contributed by atoms with Gasteiger partial charge in [0.05, 0.1) is 29.4 Å². The van der Waals surface area contributed by atoms with Crippen LogP contribution >= 0.6 is 0 Å². The summed E-state index contributed by atoms with van der Waals surface area (Å²) < 4.78 is 36.6. The Balaban J connectivity index is 1.10. The van der Waals surface area contributed by atoms with E-state index >= 15 is 4.79 Å². The summed E-state index contributed by atoms with van der Waals surface area (Å²) in [6.07, 6.45) is 12.6. The van der Waals surface area contributed by atoms with Gasteiger partial charge in [0, 0.05) is 72.6 Å². The van der Waals surface area contributed by atoms with Gasteiger partial charge in [-0.3, -0.25) is 9.59 Å². The summed E-state index contributed by atoms with van der Waals surface area (Å²) in [6, 6.07) is 6.84. The molecule has 1 aromatic heterocycles. The summed E-state index contributed by atoms with van der Waals surface area (Å²) >= 11 is 0. The Morgan fingerprint density at radius 1 is 0.912 bits per heavy atom. The molecule has 0 spiro atoms. The number of benzene rings is 1. The zero-order valence-corrected chi connectivity index (χ0v) is 35.5. The van der Waals surface area contributed by atoms with Crippen LogP contribution in [0.15, 0.2) is 52.6 Å². The highest BCUT2D eigenvalue weighted by molar-refractivity contribution is 7.90. The summed E-state index contributed by atoms with van der Waals surface area (Å²) in [4.78, 5) is 49.2. The van der Waals surface area contributed by atoms with Crippen molar-refractivity contribution in [1.29, 1.82) is 0 Å². The van der Waals surface area contributed by atoms with Gasteiger partial charge in [-0.25, -0.2) is 17.9 Å². The number of amides is 4. The second kappa shape index (κ2) is 13.5. The van der Waals surface area contributed by atoms with E-state index in [4.69, 9.17) is 4.74 Å². The predicted molar refractivity (Wildman–Crippen MR) is 220 cm³/mol. The maximum Gasteiger partial charge on any atom is 0.320 e. The number of urea groups is 1. The zero-order valence-electron chi connectivity index (χ0n) is 34.7. The first kappa shape index (κ1) is 38.5. The quantitative estimate of drug-likeness (QED) is 0.308. The van der Waals surface area contributed by atoms with Crippen LogP contribution in [0.4, 0.5) is 4.79 Å². The summed E-state index contributed by atoms with van der Waals surface area (Å²) in [7, 11) is -2.15. The van der Waals surface area contributed by atoms with E-state index in [9.17, 15) is 18.0 Å². The molecule has 4 atom stereocenters. The molecule has 0 bridgehead atoms. The lowest BCUT2D eigenvalue weighted by Gasteiger charge is -2.48. The number of hydrogen-bond acceptors (Lipinski definition) is 6. The van der Waals surface area contributed by atoms with Crippen LogP contribution in [0.3, 0.4) is 0 Å². The van der Waals surface area contributed by atoms with Gasteiger partial charge in [-0.15, -0.1) is 0 Å². The molecular weight excluding hydrogens is 739 g/mol. The molecule has 12 heteroatoms. The minimum absolute atomic E-state index is 0.0945. The van der Waals surface area contributed by atoms with Gasteiger partial charge in [-0.05, 0) is 114 Å². The number of nitrogens with zero attached hydrogens (tertiary/aromatic N) is 4. The minimum Gasteiger partial charge on any atom is -0.496 e. The Kier molecular flexibility index (Phi) is 9.10. The number of allylic oxidation sites excluding steroid dienone is 4. The summed E-state index contributed by atoms with van der Waals surface area (Å²) in [5.74, 6) is -0.0402. The molecule has 9 rings (SSSR count). The highest BCUT2D eigenvalue weighted by Gasteiger charge is 2.70. The number of carbonyl (C=O) groups excluding carboxylic acids is 3. The molecular formula is C45H59N5O6S. The van der Waals surface area contributed by atoms with Crippen LogP contribution in [-0.4, -0.2) is 96.2 Å². The van der Waals surface area contributed by atoms with Crippen molar-refractivity contribution in [2.24, 2.45) is 16.7 Å². The number of likely N-dealkylation sites (tertiary alicyclic amines) is 2. The molecule has 2 aromatic rings. The number of aromatic nitrogens is 1. The molecule has 306 valence electrons. The Morgan fingerprint density at radius 2 is 1.56 bits per heavy atom. The van der Waals surface area contributed by atoms with E-state index in [1.165, 1.54) is 24.8 Å². The predicted octanol–water partition coefficient (Wildman–Crippen LogP) is 7.00. The van der Waals surface area contributed by atoms with Crippen molar-refractivity contribution >= 4 is 38.8 Å². The summed E-state index contributed by atoms with van der Waals surface area (Å²) in [6.45, 7) is 14.5. The normalized spacial score (nSPS) is 28.0. The lowest BCUT2D eigenvalue weighted by atomic mass is 9.53. The lowest BCUT2D eigenvalue weighted by molar-refractivity contribution is -0.135. The standard InChI is InChI=1S/C45H59N5O6S/c1-26(2)50(27(3)4)43(53)48-24-44-18-19-45(44,25-48)23-47(22-44)42(52)32-15-11-14-31-37(32)35-20-33-36(56-7)17-16-30(29-12-9-8-10-13-29)40(33)49(35)21-34-38(31)39(34)41(51)46-57(54,55)28(5)6/h11,14,16-17,20,26-29,32,37H,8-10,12-13,15,18-19,21-25H2,1-7H3,(H,46,51)/t32-,37-,44?,45?/m1/s1. The number of ether oxygens (including phenoxy) is 1. The molecule has 4 fully saturated rings. The molecule has 11 nitrogen and oxygen atoms in total. The van der Waals surface area contributed by atoms with E-state index in [1.54, 1.807) is 21.0 Å². The Hall–Kier alpha value is -4.06. The molecule has 4 aliphatic carbocycles. The largest absolute Gasteiger partial charge is 0.496 e. The SMILES string of the molecule is COc1ccc(C2CCCCC2)c2c1cc1n2CC2=C(C(=O)NS(=O)(=O)C(C)C)C2=C2C=CC[C@@H](C(=O)N3CC45CCC4(C3)CN(C(=O)N(C(C)C)C(C)C)C5)[C@@H]21. The topological polar surface area (TPSA) is 121 Å². The number of fused-ring (bicyclic) bond motifs is 6. The second-order valence-corrected chi connectivity index (χ2v) is 21.3. The third-order valence-electron chi connectivity index (χ3n) is 15.0. The summed E-state index contributed by atoms with van der Waals surface area (Å²) in [5.41, 5.74) is 6.22. The molecule has 4 heterocycles. The van der Waals surface area contributed by atoms with Crippen LogP contribution in [0.5, 0.6) is 5.75 Å². The number of sulfonamides is 1. The molecule has 1 aromatic carbocycles. The van der Waals surface area contributed by atoms with E-state index in [1.807, 2.05) is 4.90 Å². The molecule has 2 saturated heterocycles. The van der Waals surface area contributed by atoms with Crippen LogP contribution in [0.25, 0.3) is 10.9 Å². The molecule has 0 radical (unpaired) electrons. The van der Waals surface area contributed by atoms with Gasteiger partial charge < -0.3 is 24.0 Å². The van der Waals surface area contributed by atoms with Gasteiger partial charge in [0.25, 0.3) is 5.91 Å². The van der Waals surface area contributed by atoms with Crippen LogP contribution in [0.1, 0.15) is 116 Å². The number of hydrogen-bond donors (Lipinski definition) is 1. The van der Waals surface area contributed by atoms with Crippen LogP contribution in [0.2, 0.25) is 0 Å². The molecule has 4 amide bonds. The molecule has 57 heavy (non-hydrogen) atoms. The number of methoxy groups -OCH3 is 1. The van der Waals surface area contributed by atoms with E-state index in [2.05, 4.69) is 77.1 Å². The van der Waals surface area contributed by atoms with Crippen molar-refractivity contribution in [3.8, 4) is 5.75 Å². The molecule has 7 aliphatic rings. The molecule has 1 N–H and O–H groups in total. The smallest absolute Gasteiger partial charge is 0.320 e. The zero-order chi connectivity index (χ0) is 40.3. The molecule has 2 saturated carbocycles. The number of nitrogens with one attached hydrogen (secondary N) is 1. The highest BCUT2D eigenvalue weighted by Crippen LogP contribution is 2.66. The first-order valence-electron chi connectivity index (χ1n) is 21.4. The molecule has 3 aliphatic heterocycles. The van der Waals surface area contributed by atoms with Crippen molar-refractivity contribution in [2.45, 2.75) is 129 Å². The van der Waals surface area contributed by atoms with Crippen molar-refractivity contribution in [3.05, 3.63) is 63.9 Å². The van der Waals surface area contributed by atoms with Gasteiger partial charge in [0.15, 0.2) is 0 Å². The second-order valence-electron chi connectivity index (χ2n) is 19.0. The van der Waals surface area contributed by atoms with E-state index in [-0.39, 0.29) is 40.8 Å². The van der Waals surface area contributed by atoms with Gasteiger partial charge in [-0.2, -0.15) is 0 Å². The van der Waals surface area contributed by atoms with Crippen LogP contribution in [-0.2, 0) is 26.2 Å². The lowest BCUT2D eigenvalue weighted by Crippen LogP contribution is -2.50.